The number of benzene rings is 2. The smallest absolute Gasteiger partial charge is 0.411 e. The number of carbonyl (C=O) groups excluding carboxylic acids is 3. The minimum absolute atomic E-state index is 0.0202. The molecule has 238 valence electrons. The first kappa shape index (κ1) is 32.5. The van der Waals surface area contributed by atoms with Gasteiger partial charge in [0.25, 0.3) is 0 Å². The number of amides is 3. The highest BCUT2D eigenvalue weighted by Crippen LogP contribution is 2.32. The quantitative estimate of drug-likeness (QED) is 0.232. The van der Waals surface area contributed by atoms with E-state index in [1.807, 2.05) is 4.90 Å². The molecule has 5 rings (SSSR count). The number of hydrogen-bond acceptors (Lipinski definition) is 9. The predicted molar refractivity (Wildman–Crippen MR) is 172 cm³/mol. The van der Waals surface area contributed by atoms with Gasteiger partial charge in [0.05, 0.1) is 24.5 Å². The molecule has 3 heterocycles. The molecular weight excluding hydrogens is 633 g/mol. The molecule has 2 aromatic heterocycles. The molecular formula is C31H31Cl2N9O4. The van der Waals surface area contributed by atoms with Gasteiger partial charge in [-0.2, -0.15) is 9.78 Å². The lowest BCUT2D eigenvalue weighted by Crippen LogP contribution is -2.40. The summed E-state index contributed by atoms with van der Waals surface area (Å²) in [5.41, 5.74) is 3.66. The Kier molecular flexibility index (Phi) is 10.6. The van der Waals surface area contributed by atoms with Gasteiger partial charge < -0.3 is 15.0 Å². The lowest BCUT2D eigenvalue weighted by Gasteiger charge is -2.34. The Morgan fingerprint density at radius 1 is 1.11 bits per heavy atom. The fourth-order valence-electron chi connectivity index (χ4n) is 5.32. The molecule has 0 spiro atoms. The molecule has 13 nitrogen and oxygen atoms in total. The van der Waals surface area contributed by atoms with Crippen molar-refractivity contribution in [3.63, 3.8) is 0 Å². The maximum absolute atomic E-state index is 13.4. The van der Waals surface area contributed by atoms with Crippen LogP contribution in [-0.2, 0) is 14.3 Å². The van der Waals surface area contributed by atoms with Crippen molar-refractivity contribution in [1.29, 1.82) is 0 Å². The number of methoxy groups -OCH3 is 1. The topological polar surface area (TPSA) is 157 Å². The standard InChI is InChI=1S/C31H31Cl2N9O4/c1-19(43)41-13-3-4-20(17-41)14-26(36-29(44)12-7-22-15-23(32)8-11-28(22)42-18-34-39-40-42)27-16-25(30(33)38-37-27)21-5-9-24(10-6-21)35-31(45)46-2/h5-12,15-16,18,20,26H,3-4,13-14,17H2,1-2H3,(H,35,45)(H,36,44)/t20?,26-/m0/s1. The lowest BCUT2D eigenvalue weighted by molar-refractivity contribution is -0.130. The van der Waals surface area contributed by atoms with Crippen molar-refractivity contribution < 1.29 is 19.1 Å². The van der Waals surface area contributed by atoms with Crippen molar-refractivity contribution in [1.82, 2.24) is 40.6 Å². The van der Waals surface area contributed by atoms with Gasteiger partial charge in [-0.1, -0.05) is 35.3 Å². The fraction of sp³-hybridized carbons (Fsp3) is 0.290. The van der Waals surface area contributed by atoms with E-state index in [0.717, 1.165) is 18.4 Å². The summed E-state index contributed by atoms with van der Waals surface area (Å²) in [5, 5.41) is 26.2. The van der Waals surface area contributed by atoms with Gasteiger partial charge in [0.2, 0.25) is 11.8 Å². The van der Waals surface area contributed by atoms with E-state index in [4.69, 9.17) is 23.2 Å². The van der Waals surface area contributed by atoms with Crippen LogP contribution in [0.4, 0.5) is 10.5 Å². The number of ether oxygens (including phenoxy) is 1. The van der Waals surface area contributed by atoms with Crippen molar-refractivity contribution in [3.05, 3.63) is 82.4 Å². The molecule has 1 saturated heterocycles. The molecule has 0 aliphatic carbocycles. The first-order valence-corrected chi connectivity index (χ1v) is 15.2. The van der Waals surface area contributed by atoms with Crippen molar-refractivity contribution >= 4 is 52.9 Å². The molecule has 2 N–H and O–H groups in total. The van der Waals surface area contributed by atoms with Crippen LogP contribution in [0, 0.1) is 5.92 Å². The van der Waals surface area contributed by atoms with Crippen LogP contribution < -0.4 is 10.6 Å². The molecule has 1 aliphatic heterocycles. The summed E-state index contributed by atoms with van der Waals surface area (Å²) in [5.74, 6) is -0.230. The number of rotatable bonds is 9. The van der Waals surface area contributed by atoms with Gasteiger partial charge in [-0.15, -0.1) is 10.2 Å². The maximum Gasteiger partial charge on any atom is 0.411 e. The molecule has 46 heavy (non-hydrogen) atoms. The second-order valence-corrected chi connectivity index (χ2v) is 11.5. The summed E-state index contributed by atoms with van der Waals surface area (Å²) >= 11 is 12.7. The number of hydrogen-bond donors (Lipinski definition) is 2. The van der Waals surface area contributed by atoms with Crippen molar-refractivity contribution in [2.24, 2.45) is 5.92 Å². The Bertz CT molecular complexity index is 1730. The zero-order valence-corrected chi connectivity index (χ0v) is 26.6. The van der Waals surface area contributed by atoms with Crippen molar-refractivity contribution in [3.8, 4) is 16.8 Å². The Labute approximate surface area is 274 Å². The van der Waals surface area contributed by atoms with E-state index in [2.05, 4.69) is 41.1 Å². The molecule has 15 heteroatoms. The van der Waals surface area contributed by atoms with E-state index in [0.29, 0.717) is 52.7 Å². The monoisotopic (exact) mass is 663 g/mol. The number of tetrazole rings is 1. The molecule has 0 radical (unpaired) electrons. The summed E-state index contributed by atoms with van der Waals surface area (Å²) in [4.78, 5) is 38.9. The predicted octanol–water partition coefficient (Wildman–Crippen LogP) is 5.12. The SMILES string of the molecule is COC(=O)Nc1ccc(-c2cc([C@H](CC3CCCN(C(C)=O)C3)NC(=O)C=Cc3cc(Cl)ccc3-n3cnnn3)nnc2Cl)cc1. The summed E-state index contributed by atoms with van der Waals surface area (Å²) in [6.07, 6.45) is 6.19. The fourth-order valence-corrected chi connectivity index (χ4v) is 5.70. The van der Waals surface area contributed by atoms with Gasteiger partial charge in [-0.25, -0.2) is 4.79 Å². The van der Waals surface area contributed by atoms with Crippen LogP contribution in [0.5, 0.6) is 0 Å². The molecule has 2 atom stereocenters. The summed E-state index contributed by atoms with van der Waals surface area (Å²) in [7, 11) is 1.29. The van der Waals surface area contributed by atoms with E-state index in [-0.39, 0.29) is 22.9 Å². The number of nitrogens with zero attached hydrogens (tertiary/aromatic N) is 7. The van der Waals surface area contributed by atoms with Crippen LogP contribution in [0.3, 0.4) is 0 Å². The second-order valence-electron chi connectivity index (χ2n) is 10.7. The lowest BCUT2D eigenvalue weighted by atomic mass is 9.89. The Hall–Kier alpha value is -4.88. The zero-order chi connectivity index (χ0) is 32.6. The molecule has 1 aliphatic rings. The molecule has 1 fully saturated rings. The third-order valence-electron chi connectivity index (χ3n) is 7.60. The van der Waals surface area contributed by atoms with E-state index in [1.54, 1.807) is 61.5 Å². The largest absolute Gasteiger partial charge is 0.453 e. The van der Waals surface area contributed by atoms with Crippen molar-refractivity contribution in [2.75, 3.05) is 25.5 Å². The van der Waals surface area contributed by atoms with Gasteiger partial charge in [0.1, 0.15) is 6.33 Å². The van der Waals surface area contributed by atoms with E-state index in [9.17, 15) is 14.4 Å². The van der Waals surface area contributed by atoms with Gasteiger partial charge in [-0.3, -0.25) is 14.9 Å². The van der Waals surface area contributed by atoms with E-state index < -0.39 is 12.1 Å². The van der Waals surface area contributed by atoms with Crippen LogP contribution in [-0.4, -0.2) is 73.4 Å². The van der Waals surface area contributed by atoms with Crippen LogP contribution in [0.1, 0.15) is 43.5 Å². The van der Waals surface area contributed by atoms with Gasteiger partial charge in [0.15, 0.2) is 5.15 Å². The average molecular weight is 665 g/mol. The normalized spacial score (nSPS) is 15.4. The zero-order valence-electron chi connectivity index (χ0n) is 25.1. The maximum atomic E-state index is 13.4. The van der Waals surface area contributed by atoms with Crippen molar-refractivity contribution in [2.45, 2.75) is 32.2 Å². The molecule has 0 saturated carbocycles. The number of anilines is 1. The van der Waals surface area contributed by atoms with Crippen LogP contribution in [0.2, 0.25) is 10.2 Å². The van der Waals surface area contributed by atoms with E-state index in [1.165, 1.54) is 24.2 Å². The number of carbonyl (C=O) groups is 3. The summed E-state index contributed by atoms with van der Waals surface area (Å²) in [6.45, 7) is 2.85. The highest BCUT2D eigenvalue weighted by Gasteiger charge is 2.27. The number of nitrogens with one attached hydrogen (secondary N) is 2. The third-order valence-corrected chi connectivity index (χ3v) is 8.12. The number of piperidine rings is 1. The highest BCUT2D eigenvalue weighted by atomic mass is 35.5. The van der Waals surface area contributed by atoms with Crippen LogP contribution >= 0.6 is 23.2 Å². The highest BCUT2D eigenvalue weighted by molar-refractivity contribution is 6.32. The third kappa shape index (κ3) is 8.23. The molecule has 1 unspecified atom stereocenters. The Balaban J connectivity index is 1.42. The first-order valence-electron chi connectivity index (χ1n) is 14.5. The van der Waals surface area contributed by atoms with Crippen LogP contribution in [0.15, 0.2) is 60.9 Å². The number of aromatic nitrogens is 6. The minimum atomic E-state index is -0.584. The molecule has 0 bridgehead atoms. The Morgan fingerprint density at radius 3 is 2.63 bits per heavy atom. The summed E-state index contributed by atoms with van der Waals surface area (Å²) in [6, 6.07) is 13.4. The number of likely N-dealkylation sites (tertiary alicyclic amines) is 1. The molecule has 2 aromatic carbocycles. The van der Waals surface area contributed by atoms with E-state index >= 15 is 0 Å². The Morgan fingerprint density at radius 2 is 1.91 bits per heavy atom. The number of halogens is 2. The second kappa shape index (κ2) is 14.9. The van der Waals surface area contributed by atoms with Crippen LogP contribution in [0.25, 0.3) is 22.9 Å². The first-order chi connectivity index (χ1) is 22.2. The average Bonchev–Trinajstić information content (AvgIpc) is 3.59. The summed E-state index contributed by atoms with van der Waals surface area (Å²) < 4.78 is 6.12. The van der Waals surface area contributed by atoms with Gasteiger partial charge in [-0.05, 0) is 83.6 Å². The van der Waals surface area contributed by atoms with Gasteiger partial charge >= 0.3 is 6.09 Å². The molecule has 4 aromatic rings. The molecule has 3 amide bonds. The van der Waals surface area contributed by atoms with Gasteiger partial charge in [0, 0.05) is 47.9 Å². The minimum Gasteiger partial charge on any atom is -0.453 e.